The van der Waals surface area contributed by atoms with Gasteiger partial charge in [-0.05, 0) is 37.6 Å². The lowest BCUT2D eigenvalue weighted by Crippen LogP contribution is -2.40. The van der Waals surface area contributed by atoms with Gasteiger partial charge in [0, 0.05) is 19.0 Å². The van der Waals surface area contributed by atoms with Gasteiger partial charge >= 0.3 is 12.2 Å². The number of alkyl halides is 3. The van der Waals surface area contributed by atoms with E-state index in [0.717, 1.165) is 18.6 Å². The molecule has 0 aromatic heterocycles. The SMILES string of the molecule is C[C@H](O)[C@@H]1CCN(C(=O)NCCOc2ccc(C(F)(F)F)cc2)C1. The summed E-state index contributed by atoms with van der Waals surface area (Å²) < 4.78 is 42.6. The number of carbonyl (C=O) groups is 1. The smallest absolute Gasteiger partial charge is 0.416 e. The molecular formula is C16H21F3N2O3. The second kappa shape index (κ2) is 7.74. The van der Waals surface area contributed by atoms with Gasteiger partial charge in [-0.3, -0.25) is 0 Å². The van der Waals surface area contributed by atoms with E-state index in [9.17, 15) is 23.1 Å². The third-order valence-corrected chi connectivity index (χ3v) is 4.02. The Kier molecular flexibility index (Phi) is 5.93. The number of likely N-dealkylation sites (tertiary alicyclic amines) is 1. The Labute approximate surface area is 138 Å². The number of aliphatic hydroxyl groups is 1. The molecule has 1 fully saturated rings. The van der Waals surface area contributed by atoms with E-state index in [2.05, 4.69) is 5.32 Å². The van der Waals surface area contributed by atoms with Crippen LogP contribution >= 0.6 is 0 Å². The highest BCUT2D eigenvalue weighted by Crippen LogP contribution is 2.30. The van der Waals surface area contributed by atoms with Gasteiger partial charge in [0.25, 0.3) is 0 Å². The molecule has 2 amide bonds. The van der Waals surface area contributed by atoms with Crippen molar-refractivity contribution in [2.24, 2.45) is 5.92 Å². The van der Waals surface area contributed by atoms with E-state index in [1.165, 1.54) is 12.1 Å². The van der Waals surface area contributed by atoms with Gasteiger partial charge in [-0.25, -0.2) is 4.79 Å². The van der Waals surface area contributed by atoms with Crippen LogP contribution in [0.15, 0.2) is 24.3 Å². The van der Waals surface area contributed by atoms with E-state index >= 15 is 0 Å². The molecule has 0 bridgehead atoms. The summed E-state index contributed by atoms with van der Waals surface area (Å²) in [7, 11) is 0. The van der Waals surface area contributed by atoms with Crippen molar-refractivity contribution in [3.8, 4) is 5.75 Å². The van der Waals surface area contributed by atoms with E-state index in [4.69, 9.17) is 4.74 Å². The lowest BCUT2D eigenvalue weighted by molar-refractivity contribution is -0.137. The van der Waals surface area contributed by atoms with Crippen LogP contribution in [0.25, 0.3) is 0 Å². The molecule has 2 atom stereocenters. The average molecular weight is 346 g/mol. The molecule has 5 nitrogen and oxygen atoms in total. The van der Waals surface area contributed by atoms with E-state index in [1.54, 1.807) is 11.8 Å². The summed E-state index contributed by atoms with van der Waals surface area (Å²) in [4.78, 5) is 13.6. The van der Waals surface area contributed by atoms with Gasteiger partial charge in [-0.1, -0.05) is 0 Å². The first-order chi connectivity index (χ1) is 11.3. The Bertz CT molecular complexity index is 546. The molecular weight excluding hydrogens is 325 g/mol. The number of hydrogen-bond donors (Lipinski definition) is 2. The quantitative estimate of drug-likeness (QED) is 0.806. The predicted octanol–water partition coefficient (Wildman–Crippen LogP) is 2.50. The van der Waals surface area contributed by atoms with Crippen LogP contribution < -0.4 is 10.1 Å². The number of benzene rings is 1. The maximum absolute atomic E-state index is 12.4. The Balaban J connectivity index is 1.69. The van der Waals surface area contributed by atoms with Crippen molar-refractivity contribution in [3.05, 3.63) is 29.8 Å². The number of nitrogens with zero attached hydrogens (tertiary/aromatic N) is 1. The Morgan fingerprint density at radius 2 is 2.08 bits per heavy atom. The van der Waals surface area contributed by atoms with Crippen LogP contribution in [-0.4, -0.2) is 48.4 Å². The number of amides is 2. The average Bonchev–Trinajstić information content (AvgIpc) is 3.01. The Morgan fingerprint density at radius 3 is 2.62 bits per heavy atom. The number of aliphatic hydroxyl groups excluding tert-OH is 1. The molecule has 0 spiro atoms. The molecule has 0 aliphatic carbocycles. The molecule has 0 radical (unpaired) electrons. The molecule has 1 aliphatic heterocycles. The third kappa shape index (κ3) is 5.02. The van der Waals surface area contributed by atoms with Crippen molar-refractivity contribution in [1.29, 1.82) is 0 Å². The summed E-state index contributed by atoms with van der Waals surface area (Å²) in [6, 6.07) is 4.17. The minimum atomic E-state index is -4.37. The molecule has 1 aromatic carbocycles. The second-order valence-electron chi connectivity index (χ2n) is 5.84. The number of nitrogens with one attached hydrogen (secondary N) is 1. The molecule has 0 unspecified atom stereocenters. The van der Waals surface area contributed by atoms with Crippen molar-refractivity contribution in [3.63, 3.8) is 0 Å². The largest absolute Gasteiger partial charge is 0.492 e. The van der Waals surface area contributed by atoms with Gasteiger partial charge in [0.15, 0.2) is 0 Å². The van der Waals surface area contributed by atoms with Gasteiger partial charge in [0.2, 0.25) is 0 Å². The van der Waals surface area contributed by atoms with Crippen LogP contribution in [0.3, 0.4) is 0 Å². The first kappa shape index (κ1) is 18.4. The summed E-state index contributed by atoms with van der Waals surface area (Å²) >= 11 is 0. The zero-order valence-electron chi connectivity index (χ0n) is 13.3. The van der Waals surface area contributed by atoms with Crippen LogP contribution in [0.2, 0.25) is 0 Å². The van der Waals surface area contributed by atoms with Crippen molar-refractivity contribution >= 4 is 6.03 Å². The second-order valence-corrected chi connectivity index (χ2v) is 5.84. The number of hydrogen-bond acceptors (Lipinski definition) is 3. The van der Waals surface area contributed by atoms with Crippen LogP contribution in [0.1, 0.15) is 18.9 Å². The van der Waals surface area contributed by atoms with Crippen LogP contribution in [0, 0.1) is 5.92 Å². The fourth-order valence-electron chi connectivity index (χ4n) is 2.54. The summed E-state index contributed by atoms with van der Waals surface area (Å²) in [5.74, 6) is 0.409. The molecule has 24 heavy (non-hydrogen) atoms. The van der Waals surface area contributed by atoms with Crippen molar-refractivity contribution in [1.82, 2.24) is 10.2 Å². The zero-order chi connectivity index (χ0) is 17.7. The maximum Gasteiger partial charge on any atom is 0.416 e. The van der Waals surface area contributed by atoms with Gasteiger partial charge < -0.3 is 20.1 Å². The Morgan fingerprint density at radius 1 is 1.42 bits per heavy atom. The minimum absolute atomic E-state index is 0.0964. The number of rotatable bonds is 5. The van der Waals surface area contributed by atoms with Crippen molar-refractivity contribution < 1.29 is 27.8 Å². The lowest BCUT2D eigenvalue weighted by Gasteiger charge is -2.18. The number of halogens is 3. The van der Waals surface area contributed by atoms with E-state index in [1.807, 2.05) is 0 Å². The van der Waals surface area contributed by atoms with Gasteiger partial charge in [-0.2, -0.15) is 13.2 Å². The molecule has 2 rings (SSSR count). The van der Waals surface area contributed by atoms with E-state index in [0.29, 0.717) is 18.8 Å². The lowest BCUT2D eigenvalue weighted by atomic mass is 10.0. The summed E-state index contributed by atoms with van der Waals surface area (Å²) in [6.07, 6.45) is -4.04. The third-order valence-electron chi connectivity index (χ3n) is 4.02. The number of carbonyl (C=O) groups excluding carboxylic acids is 1. The van der Waals surface area contributed by atoms with Gasteiger partial charge in [-0.15, -0.1) is 0 Å². The highest BCUT2D eigenvalue weighted by Gasteiger charge is 2.30. The fourth-order valence-corrected chi connectivity index (χ4v) is 2.54. The summed E-state index contributed by atoms with van der Waals surface area (Å²) in [6.45, 7) is 3.23. The zero-order valence-corrected chi connectivity index (χ0v) is 13.3. The fraction of sp³-hybridized carbons (Fsp3) is 0.562. The summed E-state index contributed by atoms with van der Waals surface area (Å²) in [5.41, 5.74) is -0.732. The van der Waals surface area contributed by atoms with Crippen molar-refractivity contribution in [2.45, 2.75) is 25.6 Å². The van der Waals surface area contributed by atoms with Crippen molar-refractivity contribution in [2.75, 3.05) is 26.2 Å². The van der Waals surface area contributed by atoms with Crippen LogP contribution in [0.5, 0.6) is 5.75 Å². The minimum Gasteiger partial charge on any atom is -0.492 e. The molecule has 1 aliphatic rings. The van der Waals surface area contributed by atoms with Gasteiger partial charge in [0.05, 0.1) is 18.2 Å². The summed E-state index contributed by atoms with van der Waals surface area (Å²) in [5, 5.41) is 12.2. The highest BCUT2D eigenvalue weighted by atomic mass is 19.4. The first-order valence-electron chi connectivity index (χ1n) is 7.78. The molecule has 8 heteroatoms. The molecule has 1 saturated heterocycles. The Hall–Kier alpha value is -1.96. The molecule has 0 saturated carbocycles. The molecule has 134 valence electrons. The monoisotopic (exact) mass is 346 g/mol. The van der Waals surface area contributed by atoms with E-state index in [-0.39, 0.29) is 25.1 Å². The topological polar surface area (TPSA) is 61.8 Å². The standard InChI is InChI=1S/C16H21F3N2O3/c1-11(22)12-6-8-21(10-12)15(23)20-7-9-24-14-4-2-13(3-5-14)16(17,18)19/h2-5,11-12,22H,6-10H2,1H3,(H,20,23)/t11-,12+/m0/s1. The number of ether oxygens (including phenoxy) is 1. The molecule has 1 heterocycles. The predicted molar refractivity (Wildman–Crippen MR) is 81.7 cm³/mol. The normalized spacial score (nSPS) is 19.2. The van der Waals surface area contributed by atoms with Crippen LogP contribution in [-0.2, 0) is 6.18 Å². The molecule has 1 aromatic rings. The molecule has 2 N–H and O–H groups in total. The van der Waals surface area contributed by atoms with Gasteiger partial charge in [0.1, 0.15) is 12.4 Å². The van der Waals surface area contributed by atoms with E-state index < -0.39 is 17.8 Å². The van der Waals surface area contributed by atoms with Crippen LogP contribution in [0.4, 0.5) is 18.0 Å². The number of urea groups is 1. The first-order valence-corrected chi connectivity index (χ1v) is 7.78. The maximum atomic E-state index is 12.4. The highest BCUT2D eigenvalue weighted by molar-refractivity contribution is 5.74.